The Bertz CT molecular complexity index is 194. The van der Waals surface area contributed by atoms with Crippen LogP contribution < -0.4 is 0 Å². The molecule has 0 bridgehead atoms. The van der Waals surface area contributed by atoms with Gasteiger partial charge in [-0.05, 0) is 27.2 Å². The Morgan fingerprint density at radius 1 is 1.57 bits per heavy atom. The maximum Gasteiger partial charge on any atom is 0.122 e. The molecule has 1 fully saturated rings. The fraction of sp³-hybridized carbons (Fsp3) is 0.909. The lowest BCUT2D eigenvalue weighted by atomic mass is 9.99. The molecule has 1 saturated heterocycles. The highest BCUT2D eigenvalue weighted by Gasteiger charge is 2.39. The second-order valence-corrected chi connectivity index (χ2v) is 4.30. The van der Waals surface area contributed by atoms with Crippen LogP contribution in [0.4, 0.5) is 0 Å². The SMILES string of the molecule is CCOC1(CC=O)CCN(C(C)C)C1. The largest absolute Gasteiger partial charge is 0.373 e. The van der Waals surface area contributed by atoms with Crippen LogP contribution in [-0.4, -0.2) is 42.5 Å². The quantitative estimate of drug-likeness (QED) is 0.628. The lowest BCUT2D eigenvalue weighted by Gasteiger charge is -2.28. The molecule has 0 spiro atoms. The van der Waals surface area contributed by atoms with Gasteiger partial charge in [0.2, 0.25) is 0 Å². The van der Waals surface area contributed by atoms with Gasteiger partial charge in [-0.1, -0.05) is 0 Å². The molecular weight excluding hydrogens is 178 g/mol. The van der Waals surface area contributed by atoms with Gasteiger partial charge in [0, 0.05) is 32.2 Å². The minimum Gasteiger partial charge on any atom is -0.373 e. The third kappa shape index (κ3) is 2.55. The van der Waals surface area contributed by atoms with Crippen LogP contribution in [0.15, 0.2) is 0 Å². The molecule has 0 saturated carbocycles. The Labute approximate surface area is 86.4 Å². The summed E-state index contributed by atoms with van der Waals surface area (Å²) in [6, 6.07) is 0.545. The maximum atomic E-state index is 10.6. The van der Waals surface area contributed by atoms with Crippen molar-refractivity contribution in [1.29, 1.82) is 0 Å². The second-order valence-electron chi connectivity index (χ2n) is 4.30. The van der Waals surface area contributed by atoms with Crippen LogP contribution in [0.2, 0.25) is 0 Å². The lowest BCUT2D eigenvalue weighted by molar-refractivity contribution is -0.115. The number of aldehydes is 1. The van der Waals surface area contributed by atoms with Gasteiger partial charge in [-0.15, -0.1) is 0 Å². The summed E-state index contributed by atoms with van der Waals surface area (Å²) in [6.07, 6.45) is 2.50. The monoisotopic (exact) mass is 199 g/mol. The smallest absolute Gasteiger partial charge is 0.122 e. The Hall–Kier alpha value is -0.410. The first-order chi connectivity index (χ1) is 6.63. The van der Waals surface area contributed by atoms with E-state index in [0.29, 0.717) is 19.1 Å². The number of ether oxygens (including phenoxy) is 1. The molecule has 0 aliphatic carbocycles. The number of hydrogen-bond acceptors (Lipinski definition) is 3. The van der Waals surface area contributed by atoms with Gasteiger partial charge in [-0.3, -0.25) is 4.90 Å². The molecule has 0 N–H and O–H groups in total. The first-order valence-electron chi connectivity index (χ1n) is 5.45. The van der Waals surface area contributed by atoms with Crippen molar-refractivity contribution in [3.8, 4) is 0 Å². The summed E-state index contributed by atoms with van der Waals surface area (Å²) in [5.41, 5.74) is -0.194. The third-order valence-corrected chi connectivity index (χ3v) is 2.98. The van der Waals surface area contributed by atoms with Crippen LogP contribution >= 0.6 is 0 Å². The molecule has 1 atom stereocenters. The first kappa shape index (κ1) is 11.7. The van der Waals surface area contributed by atoms with Crippen molar-refractivity contribution in [2.24, 2.45) is 0 Å². The van der Waals surface area contributed by atoms with E-state index < -0.39 is 0 Å². The van der Waals surface area contributed by atoms with E-state index in [1.165, 1.54) is 0 Å². The molecule has 1 aliphatic heterocycles. The number of nitrogens with zero attached hydrogens (tertiary/aromatic N) is 1. The molecule has 0 radical (unpaired) electrons. The summed E-state index contributed by atoms with van der Waals surface area (Å²) in [7, 11) is 0. The second kappa shape index (κ2) is 4.89. The molecule has 0 aromatic rings. The maximum absolute atomic E-state index is 10.6. The summed E-state index contributed by atoms with van der Waals surface area (Å²) in [4.78, 5) is 13.0. The zero-order chi connectivity index (χ0) is 10.6. The van der Waals surface area contributed by atoms with Gasteiger partial charge < -0.3 is 9.53 Å². The van der Waals surface area contributed by atoms with E-state index >= 15 is 0 Å². The minimum atomic E-state index is -0.194. The lowest BCUT2D eigenvalue weighted by Crippen LogP contribution is -2.38. The third-order valence-electron chi connectivity index (χ3n) is 2.98. The Morgan fingerprint density at radius 3 is 2.71 bits per heavy atom. The van der Waals surface area contributed by atoms with Crippen LogP contribution in [0.1, 0.15) is 33.6 Å². The number of likely N-dealkylation sites (tertiary alicyclic amines) is 1. The zero-order valence-electron chi connectivity index (χ0n) is 9.45. The van der Waals surface area contributed by atoms with E-state index in [-0.39, 0.29) is 5.60 Å². The number of carbonyl (C=O) groups is 1. The molecule has 3 nitrogen and oxygen atoms in total. The predicted octanol–water partition coefficient (Wildman–Crippen LogP) is 1.46. The normalized spacial score (nSPS) is 28.6. The zero-order valence-corrected chi connectivity index (χ0v) is 9.45. The minimum absolute atomic E-state index is 0.194. The van der Waals surface area contributed by atoms with Crippen molar-refractivity contribution in [3.05, 3.63) is 0 Å². The van der Waals surface area contributed by atoms with Gasteiger partial charge in [-0.25, -0.2) is 0 Å². The molecule has 1 heterocycles. The topological polar surface area (TPSA) is 29.5 Å². The summed E-state index contributed by atoms with van der Waals surface area (Å²) in [6.45, 7) is 9.00. The van der Waals surface area contributed by atoms with E-state index in [4.69, 9.17) is 4.74 Å². The number of hydrogen-bond donors (Lipinski definition) is 0. The van der Waals surface area contributed by atoms with Crippen molar-refractivity contribution < 1.29 is 9.53 Å². The summed E-state index contributed by atoms with van der Waals surface area (Å²) in [5.74, 6) is 0. The number of rotatable bonds is 5. The molecule has 82 valence electrons. The fourth-order valence-corrected chi connectivity index (χ4v) is 2.12. The molecule has 0 amide bonds. The summed E-state index contributed by atoms with van der Waals surface area (Å²) in [5, 5.41) is 0. The molecular formula is C11H21NO2. The molecule has 14 heavy (non-hydrogen) atoms. The highest BCUT2D eigenvalue weighted by Crippen LogP contribution is 2.29. The average molecular weight is 199 g/mol. The fourth-order valence-electron chi connectivity index (χ4n) is 2.12. The molecule has 1 unspecified atom stereocenters. The number of carbonyl (C=O) groups excluding carboxylic acids is 1. The van der Waals surface area contributed by atoms with Crippen LogP contribution in [0, 0.1) is 0 Å². The Kier molecular flexibility index (Phi) is 4.08. The van der Waals surface area contributed by atoms with Crippen LogP contribution in [0.25, 0.3) is 0 Å². The Balaban J connectivity index is 2.58. The van der Waals surface area contributed by atoms with Gasteiger partial charge in [0.05, 0.1) is 5.60 Å². The van der Waals surface area contributed by atoms with Crippen LogP contribution in [-0.2, 0) is 9.53 Å². The van der Waals surface area contributed by atoms with Crippen molar-refractivity contribution in [1.82, 2.24) is 4.90 Å². The van der Waals surface area contributed by atoms with Gasteiger partial charge in [0.25, 0.3) is 0 Å². The van der Waals surface area contributed by atoms with E-state index in [9.17, 15) is 4.79 Å². The molecule has 1 aliphatic rings. The van der Waals surface area contributed by atoms with E-state index in [1.807, 2.05) is 6.92 Å². The highest BCUT2D eigenvalue weighted by molar-refractivity contribution is 5.51. The highest BCUT2D eigenvalue weighted by atomic mass is 16.5. The predicted molar refractivity (Wildman–Crippen MR) is 56.4 cm³/mol. The van der Waals surface area contributed by atoms with Gasteiger partial charge in [0.15, 0.2) is 0 Å². The van der Waals surface area contributed by atoms with Crippen molar-refractivity contribution in [3.63, 3.8) is 0 Å². The van der Waals surface area contributed by atoms with Gasteiger partial charge in [-0.2, -0.15) is 0 Å². The van der Waals surface area contributed by atoms with E-state index in [0.717, 1.165) is 25.8 Å². The molecule has 0 aromatic heterocycles. The molecule has 0 aromatic carbocycles. The molecule has 3 heteroatoms. The van der Waals surface area contributed by atoms with Crippen LogP contribution in [0.5, 0.6) is 0 Å². The van der Waals surface area contributed by atoms with Gasteiger partial charge >= 0.3 is 0 Å². The molecule has 1 rings (SSSR count). The average Bonchev–Trinajstić information content (AvgIpc) is 2.51. The Morgan fingerprint density at radius 2 is 2.29 bits per heavy atom. The standard InChI is InChI=1S/C11H21NO2/c1-4-14-11(6-8-13)5-7-12(9-11)10(2)3/h8,10H,4-7,9H2,1-3H3. The van der Waals surface area contributed by atoms with Crippen LogP contribution in [0.3, 0.4) is 0 Å². The van der Waals surface area contributed by atoms with E-state index in [1.54, 1.807) is 0 Å². The van der Waals surface area contributed by atoms with Crippen molar-refractivity contribution in [2.75, 3.05) is 19.7 Å². The van der Waals surface area contributed by atoms with Crippen molar-refractivity contribution in [2.45, 2.75) is 45.3 Å². The summed E-state index contributed by atoms with van der Waals surface area (Å²) >= 11 is 0. The summed E-state index contributed by atoms with van der Waals surface area (Å²) < 4.78 is 5.74. The van der Waals surface area contributed by atoms with Crippen molar-refractivity contribution >= 4 is 6.29 Å². The van der Waals surface area contributed by atoms with E-state index in [2.05, 4.69) is 18.7 Å². The first-order valence-corrected chi connectivity index (χ1v) is 5.45. The van der Waals surface area contributed by atoms with Gasteiger partial charge in [0.1, 0.15) is 6.29 Å².